The van der Waals surface area contributed by atoms with Crippen LogP contribution < -0.4 is 10.1 Å². The fourth-order valence-corrected chi connectivity index (χ4v) is 2.57. The Labute approximate surface area is 135 Å². The van der Waals surface area contributed by atoms with Gasteiger partial charge in [-0.2, -0.15) is 0 Å². The number of furan rings is 1. The monoisotopic (exact) mass is 311 g/mol. The lowest BCUT2D eigenvalue weighted by Crippen LogP contribution is -2.23. The van der Waals surface area contributed by atoms with E-state index in [2.05, 4.69) is 11.4 Å². The number of aliphatic hydroxyl groups is 1. The summed E-state index contributed by atoms with van der Waals surface area (Å²) < 4.78 is 11.0. The lowest BCUT2D eigenvalue weighted by molar-refractivity contribution is 0.227. The number of benzene rings is 2. The Hall–Kier alpha value is -2.30. The van der Waals surface area contributed by atoms with Crippen molar-refractivity contribution in [3.05, 3.63) is 65.4 Å². The number of aliphatic hydroxyl groups excluding tert-OH is 1. The molecule has 2 aromatic carbocycles. The van der Waals surface area contributed by atoms with Gasteiger partial charge in [-0.3, -0.25) is 0 Å². The molecule has 0 aliphatic carbocycles. The van der Waals surface area contributed by atoms with Crippen LogP contribution in [0.5, 0.6) is 5.75 Å². The van der Waals surface area contributed by atoms with Crippen LogP contribution in [0.2, 0.25) is 0 Å². The second-order valence-electron chi connectivity index (χ2n) is 5.65. The number of ether oxygens (including phenoxy) is 1. The minimum atomic E-state index is -0.232. The van der Waals surface area contributed by atoms with Gasteiger partial charge in [0.2, 0.25) is 0 Å². The summed E-state index contributed by atoms with van der Waals surface area (Å²) in [5, 5.41) is 14.1. The van der Waals surface area contributed by atoms with Crippen molar-refractivity contribution < 1.29 is 14.3 Å². The number of methoxy groups -OCH3 is 1. The zero-order valence-corrected chi connectivity index (χ0v) is 13.4. The Kier molecular flexibility index (Phi) is 4.65. The second kappa shape index (κ2) is 6.86. The fraction of sp³-hybridized carbons (Fsp3) is 0.263. The minimum absolute atomic E-state index is 0.0189. The maximum Gasteiger partial charge on any atom is 0.134 e. The van der Waals surface area contributed by atoms with Crippen LogP contribution >= 0.6 is 0 Å². The average Bonchev–Trinajstić information content (AvgIpc) is 2.99. The standard InChI is InChI=1S/C19H21NO3/c1-13-3-6-15-10-19(23-18(15)9-13)17(12-21)20-11-14-4-7-16(22-2)8-5-14/h3-10,17,20-21H,11-12H2,1-2H3/t17-/m1/s1. The Morgan fingerprint density at radius 2 is 1.91 bits per heavy atom. The summed E-state index contributed by atoms with van der Waals surface area (Å²) in [5.74, 6) is 1.58. The summed E-state index contributed by atoms with van der Waals surface area (Å²) in [6.45, 7) is 2.66. The van der Waals surface area contributed by atoms with Crippen molar-refractivity contribution in [3.63, 3.8) is 0 Å². The van der Waals surface area contributed by atoms with Gasteiger partial charge in [0.25, 0.3) is 0 Å². The van der Waals surface area contributed by atoms with E-state index in [0.717, 1.165) is 33.6 Å². The summed E-state index contributed by atoms with van der Waals surface area (Å²) in [7, 11) is 1.65. The summed E-state index contributed by atoms with van der Waals surface area (Å²) in [5.41, 5.74) is 3.13. The van der Waals surface area contributed by atoms with Gasteiger partial charge in [0.05, 0.1) is 19.8 Å². The molecule has 23 heavy (non-hydrogen) atoms. The zero-order valence-electron chi connectivity index (χ0n) is 13.4. The maximum absolute atomic E-state index is 9.68. The number of hydrogen-bond acceptors (Lipinski definition) is 4. The van der Waals surface area contributed by atoms with Crippen molar-refractivity contribution >= 4 is 11.0 Å². The third-order valence-electron chi connectivity index (χ3n) is 3.93. The van der Waals surface area contributed by atoms with Crippen molar-refractivity contribution in [1.29, 1.82) is 0 Å². The van der Waals surface area contributed by atoms with Gasteiger partial charge in [-0.15, -0.1) is 0 Å². The van der Waals surface area contributed by atoms with Crippen LogP contribution in [-0.2, 0) is 6.54 Å². The van der Waals surface area contributed by atoms with Gasteiger partial charge in [-0.25, -0.2) is 0 Å². The fourth-order valence-electron chi connectivity index (χ4n) is 2.57. The molecule has 0 aliphatic rings. The van der Waals surface area contributed by atoms with Crippen LogP contribution in [0.4, 0.5) is 0 Å². The van der Waals surface area contributed by atoms with Crippen LogP contribution in [0.15, 0.2) is 52.9 Å². The third-order valence-corrected chi connectivity index (χ3v) is 3.93. The van der Waals surface area contributed by atoms with Crippen molar-refractivity contribution in [1.82, 2.24) is 5.32 Å². The van der Waals surface area contributed by atoms with Gasteiger partial charge in [-0.05, 0) is 42.3 Å². The van der Waals surface area contributed by atoms with E-state index >= 15 is 0 Å². The molecule has 4 nitrogen and oxygen atoms in total. The predicted octanol–water partition coefficient (Wildman–Crippen LogP) is 3.57. The molecule has 0 spiro atoms. The average molecular weight is 311 g/mol. The minimum Gasteiger partial charge on any atom is -0.497 e. The van der Waals surface area contributed by atoms with E-state index in [-0.39, 0.29) is 12.6 Å². The molecule has 0 aliphatic heterocycles. The number of nitrogens with one attached hydrogen (secondary N) is 1. The first kappa shape index (κ1) is 15.6. The SMILES string of the molecule is COc1ccc(CN[C@H](CO)c2cc3ccc(C)cc3o2)cc1. The largest absolute Gasteiger partial charge is 0.497 e. The highest BCUT2D eigenvalue weighted by molar-refractivity contribution is 5.78. The topological polar surface area (TPSA) is 54.6 Å². The molecule has 0 fully saturated rings. The lowest BCUT2D eigenvalue weighted by Gasteiger charge is -2.14. The first-order valence-electron chi connectivity index (χ1n) is 7.67. The molecule has 3 aromatic rings. The van der Waals surface area contributed by atoms with Crippen LogP contribution in [0, 0.1) is 6.92 Å². The quantitative estimate of drug-likeness (QED) is 0.730. The molecule has 1 aromatic heterocycles. The van der Waals surface area contributed by atoms with Crippen molar-refractivity contribution in [2.45, 2.75) is 19.5 Å². The number of fused-ring (bicyclic) bond motifs is 1. The highest BCUT2D eigenvalue weighted by Crippen LogP contribution is 2.25. The molecular formula is C19H21NO3. The molecule has 1 heterocycles. The molecule has 0 saturated carbocycles. The molecule has 4 heteroatoms. The summed E-state index contributed by atoms with van der Waals surface area (Å²) in [6, 6.07) is 15.7. The Morgan fingerprint density at radius 1 is 1.13 bits per heavy atom. The van der Waals surface area contributed by atoms with E-state index in [9.17, 15) is 5.11 Å². The molecule has 0 unspecified atom stereocenters. The lowest BCUT2D eigenvalue weighted by atomic mass is 10.1. The van der Waals surface area contributed by atoms with Crippen molar-refractivity contribution in [3.8, 4) is 5.75 Å². The van der Waals surface area contributed by atoms with Crippen LogP contribution in [0.1, 0.15) is 22.9 Å². The molecular weight excluding hydrogens is 290 g/mol. The number of hydrogen-bond donors (Lipinski definition) is 2. The molecule has 120 valence electrons. The third kappa shape index (κ3) is 3.55. The highest BCUT2D eigenvalue weighted by Gasteiger charge is 2.15. The molecule has 0 radical (unpaired) electrons. The van der Waals surface area contributed by atoms with Gasteiger partial charge in [0, 0.05) is 11.9 Å². The molecule has 0 amide bonds. The van der Waals surface area contributed by atoms with Gasteiger partial charge in [0.15, 0.2) is 0 Å². The highest BCUT2D eigenvalue weighted by atomic mass is 16.5. The van der Waals surface area contributed by atoms with Crippen LogP contribution in [-0.4, -0.2) is 18.8 Å². The second-order valence-corrected chi connectivity index (χ2v) is 5.65. The van der Waals surface area contributed by atoms with E-state index in [1.165, 1.54) is 0 Å². The van der Waals surface area contributed by atoms with Gasteiger partial charge >= 0.3 is 0 Å². The Morgan fingerprint density at radius 3 is 2.61 bits per heavy atom. The van der Waals surface area contributed by atoms with E-state index in [4.69, 9.17) is 9.15 Å². The first-order chi connectivity index (χ1) is 11.2. The molecule has 0 bridgehead atoms. The zero-order chi connectivity index (χ0) is 16.2. The predicted molar refractivity (Wildman–Crippen MR) is 90.6 cm³/mol. The van der Waals surface area contributed by atoms with E-state index in [1.807, 2.05) is 49.4 Å². The van der Waals surface area contributed by atoms with Gasteiger partial charge in [-0.1, -0.05) is 24.3 Å². The molecule has 3 rings (SSSR count). The smallest absolute Gasteiger partial charge is 0.134 e. The molecule has 1 atom stereocenters. The van der Waals surface area contributed by atoms with Crippen LogP contribution in [0.3, 0.4) is 0 Å². The summed E-state index contributed by atoms with van der Waals surface area (Å²) in [6.07, 6.45) is 0. The van der Waals surface area contributed by atoms with Crippen molar-refractivity contribution in [2.75, 3.05) is 13.7 Å². The number of aryl methyl sites for hydroxylation is 1. The molecule has 0 saturated heterocycles. The van der Waals surface area contributed by atoms with Crippen LogP contribution in [0.25, 0.3) is 11.0 Å². The van der Waals surface area contributed by atoms with Gasteiger partial charge < -0.3 is 19.6 Å². The van der Waals surface area contributed by atoms with E-state index < -0.39 is 0 Å². The summed E-state index contributed by atoms with van der Waals surface area (Å²) >= 11 is 0. The Bertz CT molecular complexity index is 777. The van der Waals surface area contributed by atoms with Crippen molar-refractivity contribution in [2.24, 2.45) is 0 Å². The summed E-state index contributed by atoms with van der Waals surface area (Å²) in [4.78, 5) is 0. The van der Waals surface area contributed by atoms with E-state index in [1.54, 1.807) is 7.11 Å². The van der Waals surface area contributed by atoms with E-state index in [0.29, 0.717) is 6.54 Å². The number of rotatable bonds is 6. The Balaban J connectivity index is 1.72. The maximum atomic E-state index is 9.68. The molecule has 2 N–H and O–H groups in total. The van der Waals surface area contributed by atoms with Gasteiger partial charge in [0.1, 0.15) is 17.1 Å². The normalized spacial score (nSPS) is 12.5. The first-order valence-corrected chi connectivity index (χ1v) is 7.67.